The molecule has 2 heterocycles. The maximum atomic E-state index is 13.1. The molecule has 3 aromatic rings. The van der Waals surface area contributed by atoms with Crippen molar-refractivity contribution in [2.24, 2.45) is 0 Å². The van der Waals surface area contributed by atoms with Crippen LogP contribution < -0.4 is 5.56 Å². The van der Waals surface area contributed by atoms with Crippen LogP contribution in [0.1, 0.15) is 80.9 Å². The summed E-state index contributed by atoms with van der Waals surface area (Å²) in [5.74, 6) is 0.288. The summed E-state index contributed by atoms with van der Waals surface area (Å²) in [5.41, 5.74) is 3.89. The number of nitrogens with one attached hydrogen (secondary N) is 1. The van der Waals surface area contributed by atoms with E-state index in [0.717, 1.165) is 47.7 Å². The smallest absolute Gasteiger partial charge is 0.327 e. The average Bonchev–Trinajstić information content (AvgIpc) is 3.50. The summed E-state index contributed by atoms with van der Waals surface area (Å²) in [7, 11) is 0. The lowest BCUT2D eigenvalue weighted by Gasteiger charge is -2.35. The monoisotopic (exact) mass is 480 g/mol. The normalized spacial score (nSPS) is 15.2. The molecule has 9 nitrogen and oxygen atoms in total. The van der Waals surface area contributed by atoms with Crippen LogP contribution in [-0.4, -0.2) is 48.7 Å². The number of aryl methyl sites for hydroxylation is 2. The van der Waals surface area contributed by atoms with E-state index in [4.69, 9.17) is 4.74 Å². The third-order valence-corrected chi connectivity index (χ3v) is 7.09. The highest BCUT2D eigenvalue weighted by atomic mass is 16.5. The summed E-state index contributed by atoms with van der Waals surface area (Å²) in [6, 6.07) is 6.41. The Morgan fingerprint density at radius 1 is 1.20 bits per heavy atom. The number of carbonyl (C=O) groups is 1. The number of hydrogen-bond acceptors (Lipinski definition) is 7. The van der Waals surface area contributed by atoms with Gasteiger partial charge >= 0.3 is 5.97 Å². The first kappa shape index (κ1) is 25.0. The molecule has 4 rings (SSSR count). The summed E-state index contributed by atoms with van der Waals surface area (Å²) in [4.78, 5) is 30.8. The first-order valence-electron chi connectivity index (χ1n) is 12.7. The van der Waals surface area contributed by atoms with Crippen molar-refractivity contribution < 1.29 is 9.53 Å². The Balaban J connectivity index is 1.72. The van der Waals surface area contributed by atoms with Gasteiger partial charge in [0.05, 0.1) is 12.6 Å². The van der Waals surface area contributed by atoms with Gasteiger partial charge in [0.25, 0.3) is 5.56 Å². The van der Waals surface area contributed by atoms with Crippen LogP contribution in [-0.2, 0) is 22.6 Å². The Morgan fingerprint density at radius 2 is 1.94 bits per heavy atom. The predicted octanol–water partition coefficient (Wildman–Crippen LogP) is 3.98. The minimum atomic E-state index is -0.361. The highest BCUT2D eigenvalue weighted by molar-refractivity contribution is 5.80. The zero-order valence-corrected chi connectivity index (χ0v) is 21.2. The van der Waals surface area contributed by atoms with Crippen LogP contribution in [0, 0.1) is 13.8 Å². The number of nitrogens with zero attached hydrogens (tertiary/aromatic N) is 5. The number of tetrazole rings is 1. The Kier molecular flexibility index (Phi) is 7.95. The summed E-state index contributed by atoms with van der Waals surface area (Å²) in [6.45, 7) is 8.84. The minimum absolute atomic E-state index is 0.0237. The molecule has 1 aromatic carbocycles. The van der Waals surface area contributed by atoms with Gasteiger partial charge in [0.1, 0.15) is 6.54 Å². The lowest BCUT2D eigenvalue weighted by Crippen LogP contribution is -2.39. The second-order valence-corrected chi connectivity index (χ2v) is 9.56. The molecule has 0 bridgehead atoms. The Labute approximate surface area is 205 Å². The van der Waals surface area contributed by atoms with E-state index in [1.165, 1.54) is 18.4 Å². The van der Waals surface area contributed by atoms with Crippen LogP contribution in [0.2, 0.25) is 0 Å². The fraction of sp³-hybridized carbons (Fsp3) is 0.577. The first-order valence-corrected chi connectivity index (χ1v) is 12.7. The maximum Gasteiger partial charge on any atom is 0.327 e. The van der Waals surface area contributed by atoms with E-state index >= 15 is 0 Å². The van der Waals surface area contributed by atoms with E-state index in [2.05, 4.69) is 52.2 Å². The van der Waals surface area contributed by atoms with Crippen LogP contribution in [0.5, 0.6) is 0 Å². The number of esters is 1. The fourth-order valence-corrected chi connectivity index (χ4v) is 5.17. The molecule has 0 aliphatic heterocycles. The number of H-pyrrole nitrogens is 1. The fourth-order valence-electron chi connectivity index (χ4n) is 5.17. The van der Waals surface area contributed by atoms with Gasteiger partial charge in [-0.3, -0.25) is 14.5 Å². The number of carbonyl (C=O) groups excluding carboxylic acids is 1. The molecular weight excluding hydrogens is 444 g/mol. The molecule has 1 aliphatic carbocycles. The van der Waals surface area contributed by atoms with Crippen molar-refractivity contribution in [1.82, 2.24) is 30.1 Å². The van der Waals surface area contributed by atoms with Gasteiger partial charge in [-0.2, -0.15) is 0 Å². The zero-order chi connectivity index (χ0) is 24.9. The number of fused-ring (bicyclic) bond motifs is 1. The summed E-state index contributed by atoms with van der Waals surface area (Å²) in [6.07, 6.45) is 6.23. The van der Waals surface area contributed by atoms with Crippen molar-refractivity contribution in [2.45, 2.75) is 91.4 Å². The van der Waals surface area contributed by atoms with Gasteiger partial charge in [-0.15, -0.1) is 5.10 Å². The molecule has 0 saturated heterocycles. The van der Waals surface area contributed by atoms with E-state index in [-0.39, 0.29) is 24.1 Å². The number of hydrogen-bond donors (Lipinski definition) is 1. The number of aromatic amines is 1. The van der Waals surface area contributed by atoms with Gasteiger partial charge in [-0.25, -0.2) is 4.68 Å². The minimum Gasteiger partial charge on any atom is -0.465 e. The van der Waals surface area contributed by atoms with Crippen molar-refractivity contribution in [1.29, 1.82) is 0 Å². The molecular formula is C26H36N6O3. The molecule has 0 unspecified atom stereocenters. The Bertz CT molecular complexity index is 1230. The van der Waals surface area contributed by atoms with Crippen molar-refractivity contribution in [3.8, 4) is 0 Å². The van der Waals surface area contributed by atoms with Crippen molar-refractivity contribution in [3.05, 3.63) is 51.1 Å². The molecule has 188 valence electrons. The van der Waals surface area contributed by atoms with Crippen molar-refractivity contribution in [2.75, 3.05) is 6.61 Å². The van der Waals surface area contributed by atoms with Crippen molar-refractivity contribution >= 4 is 16.9 Å². The number of pyridine rings is 1. The Morgan fingerprint density at radius 3 is 2.66 bits per heavy atom. The van der Waals surface area contributed by atoms with Crippen LogP contribution in [0.3, 0.4) is 0 Å². The molecule has 1 aliphatic rings. The number of rotatable bonds is 10. The van der Waals surface area contributed by atoms with Gasteiger partial charge < -0.3 is 9.72 Å². The summed E-state index contributed by atoms with van der Waals surface area (Å²) >= 11 is 0. The van der Waals surface area contributed by atoms with E-state index in [1.807, 2.05) is 12.1 Å². The van der Waals surface area contributed by atoms with Gasteiger partial charge in [0, 0.05) is 23.7 Å². The zero-order valence-electron chi connectivity index (χ0n) is 21.2. The third-order valence-electron chi connectivity index (χ3n) is 7.09. The lowest BCUT2D eigenvalue weighted by atomic mass is 10.0. The Hall–Kier alpha value is -3.07. The van der Waals surface area contributed by atoms with Crippen LogP contribution in [0.15, 0.2) is 23.0 Å². The molecule has 35 heavy (non-hydrogen) atoms. The van der Waals surface area contributed by atoms with Gasteiger partial charge in [0.15, 0.2) is 5.82 Å². The quantitative estimate of drug-likeness (QED) is 0.438. The van der Waals surface area contributed by atoms with E-state index in [0.29, 0.717) is 25.0 Å². The molecule has 2 aromatic heterocycles. The summed E-state index contributed by atoms with van der Waals surface area (Å²) < 4.78 is 6.68. The van der Waals surface area contributed by atoms with E-state index < -0.39 is 0 Å². The number of ether oxygens (including phenoxy) is 1. The first-order chi connectivity index (χ1) is 16.9. The molecule has 0 radical (unpaired) electrons. The highest BCUT2D eigenvalue weighted by Crippen LogP contribution is 2.34. The largest absolute Gasteiger partial charge is 0.465 e. The van der Waals surface area contributed by atoms with E-state index in [1.54, 1.807) is 11.6 Å². The van der Waals surface area contributed by atoms with Crippen LogP contribution in [0.25, 0.3) is 10.9 Å². The number of benzene rings is 1. The standard InChI is InChI=1S/C26H36N6O3/c1-5-9-23(25-28-29-30-32(25)16-24(33)35-6-2)31(21-10-7-8-11-21)15-20-14-19-12-17(3)18(4)13-22(19)27-26(20)34/h12-14,21,23H,5-11,15-16H2,1-4H3,(H,27,34)/t23-/m0/s1. The molecule has 1 fully saturated rings. The maximum absolute atomic E-state index is 13.1. The van der Waals surface area contributed by atoms with Crippen LogP contribution in [0.4, 0.5) is 0 Å². The second-order valence-electron chi connectivity index (χ2n) is 9.56. The molecule has 1 atom stereocenters. The lowest BCUT2D eigenvalue weighted by molar-refractivity contribution is -0.144. The molecule has 0 amide bonds. The second kappa shape index (κ2) is 11.1. The molecule has 1 N–H and O–H groups in total. The van der Waals surface area contributed by atoms with Gasteiger partial charge in [-0.05, 0) is 85.2 Å². The summed E-state index contributed by atoms with van der Waals surface area (Å²) in [5, 5.41) is 13.4. The highest BCUT2D eigenvalue weighted by Gasteiger charge is 2.33. The SMILES string of the molecule is CCC[C@@H](c1nnnn1CC(=O)OCC)N(Cc1cc2cc(C)c(C)cc2[nH]c1=O)C1CCCC1. The average molecular weight is 481 g/mol. The van der Waals surface area contributed by atoms with Crippen LogP contribution >= 0.6 is 0 Å². The molecule has 9 heteroatoms. The number of aromatic nitrogens is 5. The predicted molar refractivity (Wildman–Crippen MR) is 134 cm³/mol. The van der Waals surface area contributed by atoms with Crippen molar-refractivity contribution in [3.63, 3.8) is 0 Å². The molecule has 1 saturated carbocycles. The van der Waals surface area contributed by atoms with Gasteiger partial charge in [0.2, 0.25) is 0 Å². The van der Waals surface area contributed by atoms with Gasteiger partial charge in [-0.1, -0.05) is 26.2 Å². The third kappa shape index (κ3) is 5.61. The topological polar surface area (TPSA) is 106 Å². The van der Waals surface area contributed by atoms with E-state index in [9.17, 15) is 9.59 Å². The molecule has 0 spiro atoms.